The molecule has 1 aromatic carbocycles. The first-order chi connectivity index (χ1) is 11.2. The number of aromatic nitrogens is 2. The van der Waals surface area contributed by atoms with Gasteiger partial charge in [-0.15, -0.1) is 11.3 Å². The van der Waals surface area contributed by atoms with Gasteiger partial charge in [0.25, 0.3) is 5.56 Å². The number of hydrogen-bond donors (Lipinski definition) is 1. The Balaban J connectivity index is 1.64. The predicted molar refractivity (Wildman–Crippen MR) is 86.5 cm³/mol. The molecule has 1 N–H and O–H groups in total. The fraction of sp³-hybridized carbons (Fsp3) is 0.188. The Hall–Kier alpha value is -2.69. The van der Waals surface area contributed by atoms with E-state index in [2.05, 4.69) is 4.98 Å². The number of aliphatic hydroxyl groups is 1. The van der Waals surface area contributed by atoms with Crippen molar-refractivity contribution < 1.29 is 9.84 Å². The van der Waals surface area contributed by atoms with Crippen LogP contribution >= 0.6 is 11.3 Å². The van der Waals surface area contributed by atoms with Crippen LogP contribution in [0.15, 0.2) is 46.8 Å². The van der Waals surface area contributed by atoms with Gasteiger partial charge in [0, 0.05) is 0 Å². The number of nitriles is 1. The van der Waals surface area contributed by atoms with Crippen molar-refractivity contribution in [2.24, 2.45) is 0 Å². The number of nitrogens with zero attached hydrogens (tertiary/aromatic N) is 3. The van der Waals surface area contributed by atoms with Crippen molar-refractivity contribution >= 4 is 21.6 Å². The monoisotopic (exact) mass is 327 g/mol. The Morgan fingerprint density at radius 2 is 2.13 bits per heavy atom. The van der Waals surface area contributed by atoms with E-state index in [1.807, 2.05) is 11.4 Å². The topological polar surface area (TPSA) is 88.1 Å². The molecule has 3 aromatic rings. The van der Waals surface area contributed by atoms with E-state index in [4.69, 9.17) is 10.00 Å². The van der Waals surface area contributed by atoms with Gasteiger partial charge in [-0.1, -0.05) is 0 Å². The molecule has 1 atom stereocenters. The van der Waals surface area contributed by atoms with E-state index in [-0.39, 0.29) is 18.7 Å². The standard InChI is InChI=1S/C16H13N3O3S/c17-7-11-1-3-13(4-2-11)22-9-12(20)8-19-10-18-15-14(16(19)21)5-6-23-15/h1-6,10,12,20H,8-9H2/t12-/m1/s1. The second-order valence-electron chi connectivity index (χ2n) is 4.94. The summed E-state index contributed by atoms with van der Waals surface area (Å²) < 4.78 is 6.84. The van der Waals surface area contributed by atoms with Gasteiger partial charge < -0.3 is 9.84 Å². The molecular formula is C16H13N3O3S. The van der Waals surface area contributed by atoms with Crippen LogP contribution in [0.4, 0.5) is 0 Å². The molecule has 0 saturated heterocycles. The Labute approximate surface area is 135 Å². The van der Waals surface area contributed by atoms with E-state index >= 15 is 0 Å². The van der Waals surface area contributed by atoms with Crippen LogP contribution in [0.2, 0.25) is 0 Å². The first-order valence-corrected chi connectivity index (χ1v) is 7.79. The minimum atomic E-state index is -0.846. The lowest BCUT2D eigenvalue weighted by Gasteiger charge is -2.13. The maximum atomic E-state index is 12.2. The molecule has 0 fully saturated rings. The maximum Gasteiger partial charge on any atom is 0.262 e. The molecule has 23 heavy (non-hydrogen) atoms. The SMILES string of the molecule is N#Cc1ccc(OC[C@H](O)Cn2cnc3sccc3c2=O)cc1. The molecule has 0 aliphatic carbocycles. The Kier molecular flexibility index (Phi) is 4.37. The highest BCUT2D eigenvalue weighted by Crippen LogP contribution is 2.14. The lowest BCUT2D eigenvalue weighted by Crippen LogP contribution is -2.30. The summed E-state index contributed by atoms with van der Waals surface area (Å²) in [5.74, 6) is 0.557. The summed E-state index contributed by atoms with van der Waals surface area (Å²) in [6.07, 6.45) is 0.591. The van der Waals surface area contributed by atoms with Crippen LogP contribution in [0.25, 0.3) is 10.2 Å². The molecule has 0 amide bonds. The highest BCUT2D eigenvalue weighted by Gasteiger charge is 2.10. The van der Waals surface area contributed by atoms with Crippen LogP contribution in [0.1, 0.15) is 5.56 Å². The summed E-state index contributed by atoms with van der Waals surface area (Å²) in [6, 6.07) is 10.4. The van der Waals surface area contributed by atoms with Gasteiger partial charge in [-0.3, -0.25) is 9.36 Å². The van der Waals surface area contributed by atoms with Gasteiger partial charge in [0.2, 0.25) is 0 Å². The van der Waals surface area contributed by atoms with E-state index in [0.29, 0.717) is 21.5 Å². The van der Waals surface area contributed by atoms with Crippen LogP contribution in [0.3, 0.4) is 0 Å². The van der Waals surface area contributed by atoms with E-state index < -0.39 is 6.10 Å². The lowest BCUT2D eigenvalue weighted by molar-refractivity contribution is 0.0915. The zero-order valence-corrected chi connectivity index (χ0v) is 12.9. The highest BCUT2D eigenvalue weighted by atomic mass is 32.1. The maximum absolute atomic E-state index is 12.2. The van der Waals surface area contributed by atoms with Crippen molar-refractivity contribution in [1.29, 1.82) is 5.26 Å². The van der Waals surface area contributed by atoms with Crippen molar-refractivity contribution in [3.05, 3.63) is 58.0 Å². The largest absolute Gasteiger partial charge is 0.491 e. The molecule has 0 radical (unpaired) electrons. The Bertz CT molecular complexity index is 909. The normalized spacial score (nSPS) is 12.0. The molecule has 0 aliphatic heterocycles. The van der Waals surface area contributed by atoms with Crippen LogP contribution in [-0.2, 0) is 6.54 Å². The molecule has 0 spiro atoms. The van der Waals surface area contributed by atoms with Gasteiger partial charge in [-0.25, -0.2) is 4.98 Å². The number of fused-ring (bicyclic) bond motifs is 1. The number of benzene rings is 1. The molecule has 116 valence electrons. The number of thiophene rings is 1. The third kappa shape index (κ3) is 3.39. The van der Waals surface area contributed by atoms with Crippen molar-refractivity contribution in [2.75, 3.05) is 6.61 Å². The molecule has 3 rings (SSSR count). The molecule has 6 nitrogen and oxygen atoms in total. The van der Waals surface area contributed by atoms with Crippen LogP contribution in [-0.4, -0.2) is 27.4 Å². The Morgan fingerprint density at radius 1 is 1.35 bits per heavy atom. The van der Waals surface area contributed by atoms with E-state index in [0.717, 1.165) is 0 Å². The summed E-state index contributed by atoms with van der Waals surface area (Å²) >= 11 is 1.41. The van der Waals surface area contributed by atoms with Gasteiger partial charge >= 0.3 is 0 Å². The van der Waals surface area contributed by atoms with Gasteiger partial charge in [0.05, 0.1) is 29.9 Å². The molecular weight excluding hydrogens is 314 g/mol. The zero-order valence-electron chi connectivity index (χ0n) is 12.0. The molecule has 0 unspecified atom stereocenters. The third-order valence-corrected chi connectivity index (χ3v) is 4.10. The predicted octanol–water partition coefficient (Wildman–Crippen LogP) is 1.77. The van der Waals surface area contributed by atoms with E-state index in [9.17, 15) is 9.90 Å². The average Bonchev–Trinajstić information content (AvgIpc) is 3.05. The molecule has 0 saturated carbocycles. The second-order valence-corrected chi connectivity index (χ2v) is 5.84. The zero-order chi connectivity index (χ0) is 16.2. The number of ether oxygens (including phenoxy) is 1. The smallest absolute Gasteiger partial charge is 0.262 e. The summed E-state index contributed by atoms with van der Waals surface area (Å²) in [5.41, 5.74) is 0.369. The first kappa shape index (κ1) is 15.2. The van der Waals surface area contributed by atoms with Crippen molar-refractivity contribution in [3.8, 4) is 11.8 Å². The van der Waals surface area contributed by atoms with Gasteiger partial charge in [0.1, 0.15) is 23.3 Å². The molecule has 2 aromatic heterocycles. The van der Waals surface area contributed by atoms with Crippen molar-refractivity contribution in [1.82, 2.24) is 9.55 Å². The first-order valence-electron chi connectivity index (χ1n) is 6.91. The quantitative estimate of drug-likeness (QED) is 0.771. The second kappa shape index (κ2) is 6.60. The fourth-order valence-corrected chi connectivity index (χ4v) is 2.84. The van der Waals surface area contributed by atoms with Crippen LogP contribution in [0, 0.1) is 11.3 Å². The van der Waals surface area contributed by atoms with Crippen LogP contribution in [0.5, 0.6) is 5.75 Å². The molecule has 0 aliphatic rings. The number of hydrogen-bond acceptors (Lipinski definition) is 6. The molecule has 2 heterocycles. The van der Waals surface area contributed by atoms with Gasteiger partial charge in [-0.2, -0.15) is 5.26 Å². The van der Waals surface area contributed by atoms with Gasteiger partial charge in [-0.05, 0) is 35.7 Å². The molecule has 0 bridgehead atoms. The summed E-state index contributed by atoms with van der Waals surface area (Å²) in [5, 5.41) is 21.1. The minimum Gasteiger partial charge on any atom is -0.491 e. The Morgan fingerprint density at radius 3 is 2.87 bits per heavy atom. The van der Waals surface area contributed by atoms with Crippen LogP contribution < -0.4 is 10.3 Å². The van der Waals surface area contributed by atoms with Crippen molar-refractivity contribution in [3.63, 3.8) is 0 Å². The number of aliphatic hydroxyl groups excluding tert-OH is 1. The summed E-state index contributed by atoms with van der Waals surface area (Å²) in [6.45, 7) is 0.147. The van der Waals surface area contributed by atoms with E-state index in [1.165, 1.54) is 22.2 Å². The minimum absolute atomic E-state index is 0.0417. The number of rotatable bonds is 5. The third-order valence-electron chi connectivity index (χ3n) is 3.28. The molecule has 7 heteroatoms. The average molecular weight is 327 g/mol. The fourth-order valence-electron chi connectivity index (χ4n) is 2.12. The van der Waals surface area contributed by atoms with Crippen molar-refractivity contribution in [2.45, 2.75) is 12.6 Å². The highest BCUT2D eigenvalue weighted by molar-refractivity contribution is 7.16. The van der Waals surface area contributed by atoms with Gasteiger partial charge in [0.15, 0.2) is 0 Å². The summed E-state index contributed by atoms with van der Waals surface area (Å²) in [4.78, 5) is 17.1. The summed E-state index contributed by atoms with van der Waals surface area (Å²) in [7, 11) is 0. The van der Waals surface area contributed by atoms with E-state index in [1.54, 1.807) is 30.3 Å². The lowest BCUT2D eigenvalue weighted by atomic mass is 10.2.